The highest BCUT2D eigenvalue weighted by molar-refractivity contribution is 14.0. The van der Waals surface area contributed by atoms with E-state index in [2.05, 4.69) is 30.6 Å². The van der Waals surface area contributed by atoms with Gasteiger partial charge in [0.2, 0.25) is 0 Å². The van der Waals surface area contributed by atoms with Crippen molar-refractivity contribution in [2.24, 2.45) is 4.99 Å². The molecule has 0 unspecified atom stereocenters. The Labute approximate surface area is 184 Å². The minimum atomic E-state index is -2.87. The fraction of sp³-hybridized carbons (Fsp3) is 0.316. The number of nitrogens with one attached hydrogen (secondary N) is 2. The first-order valence-corrected chi connectivity index (χ1v) is 9.01. The van der Waals surface area contributed by atoms with E-state index in [0.717, 1.165) is 11.5 Å². The van der Waals surface area contributed by atoms with Crippen LogP contribution in [0.3, 0.4) is 0 Å². The fourth-order valence-corrected chi connectivity index (χ4v) is 2.71. The number of pyridine rings is 1. The highest BCUT2D eigenvalue weighted by Gasteiger charge is 2.09. The largest absolute Gasteiger partial charge is 0.434 e. The first kappa shape index (κ1) is 22.8. The fourth-order valence-electron chi connectivity index (χ4n) is 2.71. The number of benzene rings is 1. The molecule has 0 radical (unpaired) electrons. The summed E-state index contributed by atoms with van der Waals surface area (Å²) in [6, 6.07) is 12.4. The van der Waals surface area contributed by atoms with Gasteiger partial charge in [-0.15, -0.1) is 34.2 Å². The smallest absolute Gasteiger partial charge is 0.387 e. The van der Waals surface area contributed by atoms with E-state index in [4.69, 9.17) is 0 Å². The maximum atomic E-state index is 12.5. The molecule has 3 aromatic rings. The topological polar surface area (TPSA) is 75.8 Å². The summed E-state index contributed by atoms with van der Waals surface area (Å²) in [5, 5.41) is 14.7. The van der Waals surface area contributed by atoms with Crippen LogP contribution in [-0.4, -0.2) is 40.3 Å². The first-order valence-electron chi connectivity index (χ1n) is 9.01. The molecule has 0 aliphatic heterocycles. The number of hydrogen-bond donors (Lipinski definition) is 2. The Hall–Kier alpha value is -2.50. The normalized spacial score (nSPS) is 11.4. The lowest BCUT2D eigenvalue weighted by Crippen LogP contribution is -2.38. The van der Waals surface area contributed by atoms with E-state index in [1.807, 2.05) is 35.7 Å². The number of ether oxygens (including phenoxy) is 1. The maximum Gasteiger partial charge on any atom is 0.387 e. The molecule has 10 heteroatoms. The van der Waals surface area contributed by atoms with Crippen molar-refractivity contribution in [3.05, 3.63) is 60.0 Å². The molecule has 0 saturated heterocycles. The average molecular weight is 516 g/mol. The van der Waals surface area contributed by atoms with Crippen LogP contribution in [0.1, 0.15) is 18.3 Å². The molecule has 0 spiro atoms. The van der Waals surface area contributed by atoms with Crippen LogP contribution in [0.15, 0.2) is 53.7 Å². The second kappa shape index (κ2) is 11.5. The molecule has 0 aliphatic carbocycles. The van der Waals surface area contributed by atoms with Gasteiger partial charge in [0.05, 0.1) is 6.54 Å². The van der Waals surface area contributed by atoms with Crippen molar-refractivity contribution >= 4 is 35.6 Å². The summed E-state index contributed by atoms with van der Waals surface area (Å²) in [6.07, 6.45) is 2.57. The number of alkyl halides is 2. The van der Waals surface area contributed by atoms with Gasteiger partial charge in [-0.05, 0) is 25.1 Å². The lowest BCUT2D eigenvalue weighted by molar-refractivity contribution is -0.0504. The highest BCUT2D eigenvalue weighted by atomic mass is 127. The molecule has 0 aliphatic rings. The van der Waals surface area contributed by atoms with Gasteiger partial charge in [0.25, 0.3) is 0 Å². The lowest BCUT2D eigenvalue weighted by atomic mass is 10.2. The van der Waals surface area contributed by atoms with E-state index in [-0.39, 0.29) is 36.3 Å². The first-order chi connectivity index (χ1) is 13.7. The summed E-state index contributed by atoms with van der Waals surface area (Å²) >= 11 is 0. The number of nitrogens with zero attached hydrogens (tertiary/aromatic N) is 4. The number of halogens is 3. The Bertz CT molecular complexity index is 934. The van der Waals surface area contributed by atoms with Crippen molar-refractivity contribution in [2.75, 3.05) is 13.1 Å². The van der Waals surface area contributed by atoms with Crippen molar-refractivity contribution in [1.29, 1.82) is 0 Å². The van der Waals surface area contributed by atoms with E-state index < -0.39 is 6.61 Å². The predicted molar refractivity (Wildman–Crippen MR) is 118 cm³/mol. The Balaban J connectivity index is 0.00000300. The van der Waals surface area contributed by atoms with Crippen LogP contribution in [0.5, 0.6) is 5.75 Å². The standard InChI is InChI=1S/C19H22F2N6O.HI/c1-2-22-19(24-13-14-7-3-4-8-15(14)28-18(20)21)23-11-10-17-26-25-16-9-5-6-12-27(16)17;/h3-9,12,18H,2,10-11,13H2,1H3,(H2,22,23,24);1H. The van der Waals surface area contributed by atoms with Gasteiger partial charge >= 0.3 is 6.61 Å². The third-order valence-corrected chi connectivity index (χ3v) is 3.97. The van der Waals surface area contributed by atoms with Crippen LogP contribution in [0.25, 0.3) is 5.65 Å². The van der Waals surface area contributed by atoms with Crippen molar-refractivity contribution in [1.82, 2.24) is 25.2 Å². The van der Waals surface area contributed by atoms with E-state index in [9.17, 15) is 8.78 Å². The van der Waals surface area contributed by atoms with Crippen molar-refractivity contribution in [3.8, 4) is 5.75 Å². The highest BCUT2D eigenvalue weighted by Crippen LogP contribution is 2.20. The van der Waals surface area contributed by atoms with Gasteiger partial charge in [0.1, 0.15) is 11.6 Å². The van der Waals surface area contributed by atoms with E-state index in [1.165, 1.54) is 6.07 Å². The van der Waals surface area contributed by atoms with Gasteiger partial charge in [0, 0.05) is 31.3 Å². The molecule has 3 rings (SSSR count). The molecule has 156 valence electrons. The molecule has 7 nitrogen and oxygen atoms in total. The number of para-hydroxylation sites is 1. The summed E-state index contributed by atoms with van der Waals surface area (Å²) in [7, 11) is 0. The monoisotopic (exact) mass is 516 g/mol. The zero-order valence-corrected chi connectivity index (χ0v) is 18.2. The van der Waals surface area contributed by atoms with E-state index in [0.29, 0.717) is 31.0 Å². The Morgan fingerprint density at radius 3 is 2.72 bits per heavy atom. The van der Waals surface area contributed by atoms with Crippen LogP contribution in [-0.2, 0) is 13.0 Å². The average Bonchev–Trinajstić information content (AvgIpc) is 3.10. The van der Waals surface area contributed by atoms with Crippen LogP contribution in [0.4, 0.5) is 8.78 Å². The zero-order chi connectivity index (χ0) is 19.8. The van der Waals surface area contributed by atoms with E-state index >= 15 is 0 Å². The number of hydrogen-bond acceptors (Lipinski definition) is 4. The Morgan fingerprint density at radius 2 is 1.93 bits per heavy atom. The Morgan fingerprint density at radius 1 is 1.14 bits per heavy atom. The quantitative estimate of drug-likeness (QED) is 0.273. The molecule has 0 bridgehead atoms. The second-order valence-electron chi connectivity index (χ2n) is 5.90. The molecule has 29 heavy (non-hydrogen) atoms. The van der Waals surface area contributed by atoms with Crippen LogP contribution in [0, 0.1) is 0 Å². The summed E-state index contributed by atoms with van der Waals surface area (Å²) in [4.78, 5) is 4.46. The minimum absolute atomic E-state index is 0. The molecule has 0 fully saturated rings. The zero-order valence-electron chi connectivity index (χ0n) is 15.9. The summed E-state index contributed by atoms with van der Waals surface area (Å²) in [5.41, 5.74) is 1.39. The Kier molecular flexibility index (Phi) is 9.03. The van der Waals surface area contributed by atoms with Gasteiger partial charge in [-0.2, -0.15) is 8.78 Å². The molecule has 0 amide bonds. The van der Waals surface area contributed by atoms with Crippen molar-refractivity contribution in [2.45, 2.75) is 26.5 Å². The van der Waals surface area contributed by atoms with E-state index in [1.54, 1.807) is 18.2 Å². The molecule has 0 saturated carbocycles. The molecule has 2 N–H and O–H groups in total. The van der Waals surface area contributed by atoms with Crippen molar-refractivity contribution < 1.29 is 13.5 Å². The van der Waals surface area contributed by atoms with Gasteiger partial charge < -0.3 is 15.4 Å². The summed E-state index contributed by atoms with van der Waals surface area (Å²) in [5.74, 6) is 1.56. The molecule has 2 aromatic heterocycles. The third-order valence-electron chi connectivity index (χ3n) is 3.97. The van der Waals surface area contributed by atoms with Crippen molar-refractivity contribution in [3.63, 3.8) is 0 Å². The number of guanidine groups is 1. The molecule has 0 atom stereocenters. The maximum absolute atomic E-state index is 12.5. The van der Waals surface area contributed by atoms with Crippen LogP contribution >= 0.6 is 24.0 Å². The van der Waals surface area contributed by atoms with Gasteiger partial charge in [-0.1, -0.05) is 24.3 Å². The SMILES string of the molecule is CCNC(=NCc1ccccc1OC(F)F)NCCc1nnc2ccccn12.I. The predicted octanol–water partition coefficient (Wildman–Crippen LogP) is 3.25. The molecule has 2 heterocycles. The molecular weight excluding hydrogens is 493 g/mol. The molecular formula is C19H23F2IN6O. The number of fused-ring (bicyclic) bond motifs is 1. The van der Waals surface area contributed by atoms with Gasteiger partial charge in [0.15, 0.2) is 11.6 Å². The van der Waals surface area contributed by atoms with Gasteiger partial charge in [-0.3, -0.25) is 4.40 Å². The van der Waals surface area contributed by atoms with Gasteiger partial charge in [-0.25, -0.2) is 4.99 Å². The number of aliphatic imine (C=N–C) groups is 1. The summed E-state index contributed by atoms with van der Waals surface area (Å²) in [6.45, 7) is 0.573. The minimum Gasteiger partial charge on any atom is -0.434 e. The third kappa shape index (κ3) is 6.51. The van der Waals surface area contributed by atoms with Crippen LogP contribution in [0.2, 0.25) is 0 Å². The van der Waals surface area contributed by atoms with Crippen LogP contribution < -0.4 is 15.4 Å². The molecule has 1 aromatic carbocycles. The summed E-state index contributed by atoms with van der Waals surface area (Å²) < 4.78 is 31.6. The second-order valence-corrected chi connectivity index (χ2v) is 5.90. The number of aromatic nitrogens is 3. The number of rotatable bonds is 8. The lowest BCUT2D eigenvalue weighted by Gasteiger charge is -2.12.